The van der Waals surface area contributed by atoms with Gasteiger partial charge >= 0.3 is 0 Å². The molecule has 1 aromatic rings. The average molecular weight is 248 g/mol. The van der Waals surface area contributed by atoms with E-state index in [-0.39, 0.29) is 24.8 Å². The summed E-state index contributed by atoms with van der Waals surface area (Å²) >= 11 is 0. The quantitative estimate of drug-likeness (QED) is 0.806. The molecule has 5 heteroatoms. The summed E-state index contributed by atoms with van der Waals surface area (Å²) < 4.78 is 5.35. The van der Waals surface area contributed by atoms with Crippen molar-refractivity contribution >= 4 is 17.4 Å². The van der Waals surface area contributed by atoms with E-state index in [1.165, 1.54) is 0 Å². The maximum atomic E-state index is 11.8. The molecule has 5 nitrogen and oxygen atoms in total. The van der Waals surface area contributed by atoms with Gasteiger partial charge in [0.25, 0.3) is 5.91 Å². The number of amides is 1. The first kappa shape index (κ1) is 12.6. The molecule has 0 saturated heterocycles. The Hall–Kier alpha value is -1.88. The van der Waals surface area contributed by atoms with Crippen molar-refractivity contribution in [2.24, 2.45) is 5.73 Å². The fraction of sp³-hybridized carbons (Fsp3) is 0.385. The highest BCUT2D eigenvalue weighted by Crippen LogP contribution is 2.33. The van der Waals surface area contributed by atoms with Crippen molar-refractivity contribution < 1.29 is 14.3 Å². The van der Waals surface area contributed by atoms with Gasteiger partial charge < -0.3 is 15.4 Å². The molecule has 0 spiro atoms. The number of hydrogen-bond acceptors (Lipinski definition) is 4. The summed E-state index contributed by atoms with van der Waals surface area (Å²) in [7, 11) is 0. The Kier molecular flexibility index (Phi) is 3.62. The van der Waals surface area contributed by atoms with Gasteiger partial charge in [-0.15, -0.1) is 0 Å². The van der Waals surface area contributed by atoms with Gasteiger partial charge in [-0.1, -0.05) is 6.92 Å². The van der Waals surface area contributed by atoms with Crippen LogP contribution in [0.5, 0.6) is 5.75 Å². The molecule has 1 amide bonds. The van der Waals surface area contributed by atoms with Crippen LogP contribution in [0.15, 0.2) is 18.2 Å². The Morgan fingerprint density at radius 1 is 1.50 bits per heavy atom. The maximum Gasteiger partial charge on any atom is 0.265 e. The first-order chi connectivity index (χ1) is 8.67. The summed E-state index contributed by atoms with van der Waals surface area (Å²) in [5, 5.41) is 0. The van der Waals surface area contributed by atoms with Crippen LogP contribution in [-0.2, 0) is 4.79 Å². The number of rotatable bonds is 4. The summed E-state index contributed by atoms with van der Waals surface area (Å²) in [6.07, 6.45) is 0.847. The van der Waals surface area contributed by atoms with Crippen LogP contribution in [0.1, 0.15) is 23.7 Å². The number of Topliss-reactive ketones (excluding diaryl/α,β-unsaturated/α-hetero) is 1. The number of ether oxygens (including phenoxy) is 1. The lowest BCUT2D eigenvalue weighted by atomic mass is 10.1. The van der Waals surface area contributed by atoms with Crippen LogP contribution in [0.4, 0.5) is 5.69 Å². The predicted octanol–water partition coefficient (Wildman–Crippen LogP) is 0.963. The van der Waals surface area contributed by atoms with Crippen molar-refractivity contribution in [2.45, 2.75) is 13.3 Å². The van der Waals surface area contributed by atoms with E-state index in [1.807, 2.05) is 6.92 Å². The lowest BCUT2D eigenvalue weighted by Gasteiger charge is -2.29. The molecule has 0 aromatic heterocycles. The van der Waals surface area contributed by atoms with Crippen LogP contribution in [0.25, 0.3) is 0 Å². The van der Waals surface area contributed by atoms with Gasteiger partial charge in [0.05, 0.1) is 12.2 Å². The Morgan fingerprint density at radius 2 is 2.28 bits per heavy atom. The van der Waals surface area contributed by atoms with E-state index in [0.717, 1.165) is 6.42 Å². The van der Waals surface area contributed by atoms with E-state index in [1.54, 1.807) is 23.1 Å². The Balaban J connectivity index is 2.41. The van der Waals surface area contributed by atoms with Gasteiger partial charge in [-0.25, -0.2) is 0 Å². The Labute approximate surface area is 106 Å². The molecule has 0 aliphatic carbocycles. The van der Waals surface area contributed by atoms with Crippen LogP contribution in [0.2, 0.25) is 0 Å². The largest absolute Gasteiger partial charge is 0.482 e. The maximum absolute atomic E-state index is 11.8. The molecule has 1 heterocycles. The molecular weight excluding hydrogens is 232 g/mol. The summed E-state index contributed by atoms with van der Waals surface area (Å²) in [5.41, 5.74) is 6.51. The second-order valence-corrected chi connectivity index (χ2v) is 4.14. The van der Waals surface area contributed by atoms with Gasteiger partial charge in [-0.05, 0) is 24.6 Å². The molecule has 1 aromatic carbocycles. The molecule has 1 aliphatic heterocycles. The number of anilines is 1. The fourth-order valence-corrected chi connectivity index (χ4v) is 1.96. The van der Waals surface area contributed by atoms with E-state index in [0.29, 0.717) is 23.5 Å². The van der Waals surface area contributed by atoms with Crippen molar-refractivity contribution in [3.8, 4) is 5.75 Å². The third-order valence-corrected chi connectivity index (χ3v) is 2.86. The molecule has 0 atom stereocenters. The van der Waals surface area contributed by atoms with Crippen molar-refractivity contribution in [3.05, 3.63) is 23.8 Å². The van der Waals surface area contributed by atoms with E-state index >= 15 is 0 Å². The minimum Gasteiger partial charge on any atom is -0.482 e. The molecule has 96 valence electrons. The van der Waals surface area contributed by atoms with Crippen molar-refractivity contribution in [3.63, 3.8) is 0 Å². The normalized spacial score (nSPS) is 14.1. The first-order valence-corrected chi connectivity index (χ1v) is 5.97. The van der Waals surface area contributed by atoms with Crippen LogP contribution in [-0.4, -0.2) is 31.4 Å². The molecule has 1 aliphatic rings. The number of benzene rings is 1. The van der Waals surface area contributed by atoms with E-state index < -0.39 is 0 Å². The summed E-state index contributed by atoms with van der Waals surface area (Å²) in [6, 6.07) is 5.07. The molecule has 0 saturated carbocycles. The zero-order valence-corrected chi connectivity index (χ0v) is 10.3. The number of fused-ring (bicyclic) bond motifs is 1. The third-order valence-electron chi connectivity index (χ3n) is 2.86. The highest BCUT2D eigenvalue weighted by molar-refractivity contribution is 6.02. The Bertz CT molecular complexity index is 485. The smallest absolute Gasteiger partial charge is 0.265 e. The summed E-state index contributed by atoms with van der Waals surface area (Å²) in [6.45, 7) is 2.63. The number of carbonyl (C=O) groups excluding carboxylic acids is 2. The van der Waals surface area contributed by atoms with Crippen LogP contribution in [0.3, 0.4) is 0 Å². The number of carbonyl (C=O) groups is 2. The SMILES string of the molecule is CCCN1C(=O)COc2ccc(C(=O)CN)cc21. The monoisotopic (exact) mass is 248 g/mol. The number of nitrogens with two attached hydrogens (primary N) is 1. The number of ketones is 1. The summed E-state index contributed by atoms with van der Waals surface area (Å²) in [4.78, 5) is 25.0. The number of hydrogen-bond donors (Lipinski definition) is 1. The molecule has 0 bridgehead atoms. The van der Waals surface area contributed by atoms with Crippen LogP contribution < -0.4 is 15.4 Å². The Morgan fingerprint density at radius 3 is 2.94 bits per heavy atom. The van der Waals surface area contributed by atoms with Gasteiger partial charge in [-0.2, -0.15) is 0 Å². The highest BCUT2D eigenvalue weighted by atomic mass is 16.5. The average Bonchev–Trinajstić information content (AvgIpc) is 2.40. The van der Waals surface area contributed by atoms with E-state index in [4.69, 9.17) is 10.5 Å². The minimum atomic E-state index is -0.146. The van der Waals surface area contributed by atoms with Gasteiger partial charge in [-0.3, -0.25) is 9.59 Å². The second-order valence-electron chi connectivity index (χ2n) is 4.14. The molecular formula is C13H16N2O3. The topological polar surface area (TPSA) is 72.6 Å². The highest BCUT2D eigenvalue weighted by Gasteiger charge is 2.25. The number of nitrogens with zero attached hydrogens (tertiary/aromatic N) is 1. The molecule has 2 rings (SSSR count). The molecule has 2 N–H and O–H groups in total. The zero-order valence-electron chi connectivity index (χ0n) is 10.3. The molecule has 0 radical (unpaired) electrons. The minimum absolute atomic E-state index is 0.0403. The lowest BCUT2D eigenvalue weighted by Crippen LogP contribution is -2.39. The van der Waals surface area contributed by atoms with Gasteiger partial charge in [0.1, 0.15) is 5.75 Å². The van der Waals surface area contributed by atoms with Crippen molar-refractivity contribution in [1.82, 2.24) is 0 Å². The molecule has 18 heavy (non-hydrogen) atoms. The second kappa shape index (κ2) is 5.18. The standard InChI is InChI=1S/C13H16N2O3/c1-2-5-15-10-6-9(11(16)7-14)3-4-12(10)18-8-13(15)17/h3-4,6H,2,5,7-8,14H2,1H3. The van der Waals surface area contributed by atoms with Crippen LogP contribution >= 0.6 is 0 Å². The summed E-state index contributed by atoms with van der Waals surface area (Å²) in [5.74, 6) is 0.408. The lowest BCUT2D eigenvalue weighted by molar-refractivity contribution is -0.121. The zero-order chi connectivity index (χ0) is 13.1. The third kappa shape index (κ3) is 2.22. The van der Waals surface area contributed by atoms with Gasteiger partial charge in [0, 0.05) is 12.1 Å². The molecule has 0 unspecified atom stereocenters. The van der Waals surface area contributed by atoms with E-state index in [9.17, 15) is 9.59 Å². The van der Waals surface area contributed by atoms with E-state index in [2.05, 4.69) is 0 Å². The van der Waals surface area contributed by atoms with Crippen molar-refractivity contribution in [1.29, 1.82) is 0 Å². The van der Waals surface area contributed by atoms with Crippen molar-refractivity contribution in [2.75, 3.05) is 24.6 Å². The first-order valence-electron chi connectivity index (χ1n) is 5.97. The van der Waals surface area contributed by atoms with Gasteiger partial charge in [0.2, 0.25) is 0 Å². The fourth-order valence-electron chi connectivity index (χ4n) is 1.96. The van der Waals surface area contributed by atoms with Gasteiger partial charge in [0.15, 0.2) is 12.4 Å². The molecule has 0 fully saturated rings. The predicted molar refractivity (Wildman–Crippen MR) is 68.0 cm³/mol. The van der Waals surface area contributed by atoms with Crippen LogP contribution in [0, 0.1) is 0 Å².